The van der Waals surface area contributed by atoms with Gasteiger partial charge >= 0.3 is 23.0 Å². The van der Waals surface area contributed by atoms with Gasteiger partial charge in [0.2, 0.25) is 0 Å². The van der Waals surface area contributed by atoms with Crippen molar-refractivity contribution in [2.75, 3.05) is 0 Å². The summed E-state index contributed by atoms with van der Waals surface area (Å²) < 4.78 is 260. The Morgan fingerprint density at radius 2 is 0.515 bits per heavy atom. The molecule has 0 fully saturated rings. The summed E-state index contributed by atoms with van der Waals surface area (Å²) in [6.45, 7) is 2.75. The second-order valence-electron chi connectivity index (χ2n) is 13.6. The molecule has 6 aromatic carbocycles. The highest BCUT2D eigenvalue weighted by atomic mass is 31.3. The second-order valence-corrected chi connectivity index (χ2v) is 19.8. The van der Waals surface area contributed by atoms with Gasteiger partial charge in [-0.3, -0.25) is 0 Å². The van der Waals surface area contributed by atoms with E-state index in [1.165, 1.54) is 0 Å². The highest BCUT2D eigenvalue weighted by Crippen LogP contribution is 2.79. The maximum atomic E-state index is 16.1. The fourth-order valence-corrected chi connectivity index (χ4v) is 14.6. The molecule has 0 N–H and O–H groups in total. The Morgan fingerprint density at radius 1 is 0.303 bits per heavy atom. The maximum absolute atomic E-state index is 16.1. The quantitative estimate of drug-likeness (QED) is 0.0689. The first-order chi connectivity index (χ1) is 30.9. The Hall–Kier alpha value is -6.17. The third kappa shape index (κ3) is 9.28. The first-order valence-corrected chi connectivity index (χ1v) is 22.7. The van der Waals surface area contributed by atoms with Gasteiger partial charge in [0.25, 0.3) is 0 Å². The van der Waals surface area contributed by atoms with E-state index in [4.69, 9.17) is 27.1 Å². The van der Waals surface area contributed by atoms with Gasteiger partial charge in [-0.05, 0) is 76.2 Å². The summed E-state index contributed by atoms with van der Waals surface area (Å²) in [5.41, 5.74) is -4.51. The average molecular weight is 1000 g/mol. The van der Waals surface area contributed by atoms with E-state index >= 15 is 35.1 Å². The highest BCUT2D eigenvalue weighted by molar-refractivity contribution is 7.79. The minimum Gasteiger partial charge on any atom is -0.413 e. The average Bonchev–Trinajstić information content (AvgIpc) is 3.27. The van der Waals surface area contributed by atoms with Gasteiger partial charge in [-0.25, -0.2) is 61.5 Å². The molecule has 6 aromatic rings. The van der Waals surface area contributed by atoms with Crippen LogP contribution in [-0.4, -0.2) is 0 Å². The third-order valence-corrected chi connectivity index (χ3v) is 17.1. The Morgan fingerprint density at radius 3 is 0.742 bits per heavy atom. The van der Waals surface area contributed by atoms with E-state index < -0.39 is 161 Å². The van der Waals surface area contributed by atoms with Gasteiger partial charge in [0.05, 0.1) is 0 Å². The predicted octanol–water partition coefficient (Wildman–Crippen LogP) is 15.5. The fourth-order valence-electron chi connectivity index (χ4n) is 5.61. The molecule has 1 heterocycles. The van der Waals surface area contributed by atoms with Crippen molar-refractivity contribution in [2.24, 2.45) is 13.5 Å². The number of benzene rings is 6. The van der Waals surface area contributed by atoms with Gasteiger partial charge in [-0.15, -0.1) is 0 Å². The molecule has 0 bridgehead atoms. The zero-order valence-corrected chi connectivity index (χ0v) is 36.0. The fraction of sp³-hybridized carbons (Fsp3) is 0.100. The minimum absolute atomic E-state index is 0.00674. The monoisotopic (exact) mass is 1000 g/mol. The first kappa shape index (κ1) is 47.8. The normalized spacial score (nSPS) is 14.6. The molecule has 0 radical (unpaired) electrons. The largest absolute Gasteiger partial charge is 0.461 e. The molecule has 1 aliphatic heterocycles. The molecule has 1 aliphatic rings. The van der Waals surface area contributed by atoms with Crippen molar-refractivity contribution in [3.05, 3.63) is 176 Å². The minimum atomic E-state index is -5.94. The van der Waals surface area contributed by atoms with Crippen LogP contribution in [0.15, 0.2) is 86.3 Å². The van der Waals surface area contributed by atoms with Crippen molar-refractivity contribution in [3.63, 3.8) is 0 Å². The number of hydrogen-bond donors (Lipinski definition) is 0. The molecular weight excluding hydrogens is 977 g/mol. The summed E-state index contributed by atoms with van der Waals surface area (Å²) in [5.74, 6) is -30.7. The van der Waals surface area contributed by atoms with E-state index in [1.54, 1.807) is 0 Å². The van der Waals surface area contributed by atoms with Crippen molar-refractivity contribution < 1.29 is 88.6 Å². The topological polar surface area (TPSA) is 92.5 Å². The number of rotatable bonds is 12. The van der Waals surface area contributed by atoms with Crippen LogP contribution >= 0.6 is 23.0 Å². The van der Waals surface area contributed by atoms with E-state index in [9.17, 15) is 26.3 Å². The van der Waals surface area contributed by atoms with E-state index in [0.29, 0.717) is 27.7 Å². The Labute approximate surface area is 363 Å². The molecular formula is C40H24F14N3O6P3. The Balaban J connectivity index is 1.71. The van der Waals surface area contributed by atoms with Crippen LogP contribution in [0.4, 0.5) is 61.5 Å². The van der Waals surface area contributed by atoms with Crippen LogP contribution in [0.1, 0.15) is 22.3 Å². The van der Waals surface area contributed by atoms with E-state index in [-0.39, 0.29) is 24.3 Å². The molecule has 0 saturated carbocycles. The highest BCUT2D eigenvalue weighted by Gasteiger charge is 2.50. The van der Waals surface area contributed by atoms with Gasteiger partial charge in [0, 0.05) is 46.5 Å². The molecule has 66 heavy (non-hydrogen) atoms. The van der Waals surface area contributed by atoms with Crippen LogP contribution in [-0.2, 0) is 0 Å². The third-order valence-electron chi connectivity index (χ3n) is 8.99. The first-order valence-electron chi connectivity index (χ1n) is 18.1. The number of halogens is 14. The van der Waals surface area contributed by atoms with Crippen molar-refractivity contribution in [3.8, 4) is 34.5 Å². The lowest BCUT2D eigenvalue weighted by atomic mass is 10.2. The maximum Gasteiger partial charge on any atom is 0.461 e. The number of hydrogen-bond acceptors (Lipinski definition) is 9. The van der Waals surface area contributed by atoms with E-state index in [1.807, 2.05) is 0 Å². The predicted molar refractivity (Wildman–Crippen MR) is 209 cm³/mol. The summed E-state index contributed by atoms with van der Waals surface area (Å²) in [5, 5.41) is 0. The molecule has 0 saturated heterocycles. The van der Waals surface area contributed by atoms with Crippen molar-refractivity contribution in [2.45, 2.75) is 27.7 Å². The molecule has 0 aromatic heterocycles. The summed E-state index contributed by atoms with van der Waals surface area (Å²) in [7, 11) is -17.4. The van der Waals surface area contributed by atoms with Gasteiger partial charge in [-0.2, -0.15) is 0 Å². The summed E-state index contributed by atoms with van der Waals surface area (Å²) >= 11 is 0. The lowest BCUT2D eigenvalue weighted by molar-refractivity contribution is 0.397. The second kappa shape index (κ2) is 17.9. The Bertz CT molecular complexity index is 2820. The van der Waals surface area contributed by atoms with Gasteiger partial charge < -0.3 is 27.1 Å². The van der Waals surface area contributed by atoms with Crippen molar-refractivity contribution in [1.82, 2.24) is 0 Å². The van der Waals surface area contributed by atoms with Gasteiger partial charge in [0.15, 0.2) is 92.8 Å². The zero-order valence-electron chi connectivity index (χ0n) is 33.4. The van der Waals surface area contributed by atoms with Crippen LogP contribution < -0.4 is 27.1 Å². The molecule has 348 valence electrons. The van der Waals surface area contributed by atoms with Crippen LogP contribution in [0.3, 0.4) is 0 Å². The number of nitrogens with zero attached hydrogens (tertiary/aromatic N) is 3. The van der Waals surface area contributed by atoms with Crippen LogP contribution in [0.2, 0.25) is 0 Å². The molecule has 0 unspecified atom stereocenters. The Kier molecular flexibility index (Phi) is 13.0. The smallest absolute Gasteiger partial charge is 0.413 e. The lowest BCUT2D eigenvalue weighted by Crippen LogP contribution is -2.14. The molecule has 0 atom stereocenters. The van der Waals surface area contributed by atoms with Crippen LogP contribution in [0.5, 0.6) is 34.5 Å². The van der Waals surface area contributed by atoms with E-state index in [2.05, 4.69) is 13.5 Å². The summed E-state index contributed by atoms with van der Waals surface area (Å²) in [6, 6.07) is 6.53. The molecule has 0 amide bonds. The van der Waals surface area contributed by atoms with Gasteiger partial charge in [0.1, 0.15) is 23.1 Å². The van der Waals surface area contributed by atoms with Crippen molar-refractivity contribution >= 4 is 23.0 Å². The summed E-state index contributed by atoms with van der Waals surface area (Å²) in [4.78, 5) is 0. The molecule has 26 heteroatoms. The summed E-state index contributed by atoms with van der Waals surface area (Å²) in [6.07, 6.45) is 0. The van der Waals surface area contributed by atoms with E-state index in [0.717, 1.165) is 48.5 Å². The molecule has 7 rings (SSSR count). The van der Waals surface area contributed by atoms with Crippen LogP contribution in [0.25, 0.3) is 0 Å². The standard InChI is InChI=1S/C40H24F14N3O6P3/c1-17-33(47)25(43)13-29(37(17)51)60-65(61-30-14-26(44)34(48)18(2)38(30)52)55-64(58-23-9-5-21(41)6-10-23,59-24-11-7-22(42)8-12-24)56-66(57-65,62-31-15-27(45)35(49)19(3)39(31)53)63-32-16-28(46)36(50)20(4)40(32)54/h5-16H,1-4H3. The molecule has 9 nitrogen and oxygen atoms in total. The molecule has 0 spiro atoms. The van der Waals surface area contributed by atoms with Crippen LogP contribution in [0, 0.1) is 109 Å². The SMILES string of the molecule is Cc1c(F)c(F)cc(OP2(Oc3cc(F)c(F)c(C)c3F)=NP(Oc3ccc(F)cc3)(Oc3ccc(F)cc3)=NP(Oc3cc(F)c(F)c(C)c3F)(Oc3cc(F)c(F)c(C)c3F)=N2)c1F. The van der Waals surface area contributed by atoms with Crippen molar-refractivity contribution in [1.29, 1.82) is 0 Å². The molecule has 0 aliphatic carbocycles. The lowest BCUT2D eigenvalue weighted by Gasteiger charge is -2.33. The zero-order chi connectivity index (χ0) is 48.2. The van der Waals surface area contributed by atoms with Gasteiger partial charge in [-0.1, -0.05) is 13.5 Å².